The number of hydrogen-bond acceptors (Lipinski definition) is 4. The van der Waals surface area contributed by atoms with Crippen molar-refractivity contribution in [2.45, 2.75) is 18.9 Å². The molecule has 0 fully saturated rings. The minimum absolute atomic E-state index is 0.273. The van der Waals surface area contributed by atoms with Gasteiger partial charge < -0.3 is 5.32 Å². The van der Waals surface area contributed by atoms with Crippen molar-refractivity contribution in [2.75, 3.05) is 5.32 Å². The minimum atomic E-state index is 0.273. The maximum absolute atomic E-state index is 6.28. The first-order chi connectivity index (χ1) is 10.2. The van der Waals surface area contributed by atoms with Gasteiger partial charge in [-0.1, -0.05) is 23.7 Å². The van der Waals surface area contributed by atoms with Crippen LogP contribution in [-0.2, 0) is 6.42 Å². The molecule has 0 radical (unpaired) electrons. The van der Waals surface area contributed by atoms with Gasteiger partial charge in [0.05, 0.1) is 14.3 Å². The number of thiophene rings is 1. The largest absolute Gasteiger partial charge is 0.363 e. The van der Waals surface area contributed by atoms with Crippen LogP contribution in [0.2, 0.25) is 5.02 Å². The Labute approximate surface area is 144 Å². The Morgan fingerprint density at radius 3 is 3.14 bits per heavy atom. The maximum Gasteiger partial charge on any atom is 0.138 e. The van der Waals surface area contributed by atoms with Gasteiger partial charge in [0.1, 0.15) is 17.0 Å². The van der Waals surface area contributed by atoms with Gasteiger partial charge in [0.25, 0.3) is 0 Å². The zero-order valence-electron chi connectivity index (χ0n) is 10.9. The number of nitrogens with one attached hydrogen (secondary N) is 1. The van der Waals surface area contributed by atoms with Crippen LogP contribution in [0.15, 0.2) is 30.6 Å². The molecule has 0 aliphatic heterocycles. The van der Waals surface area contributed by atoms with Crippen molar-refractivity contribution < 1.29 is 0 Å². The van der Waals surface area contributed by atoms with Crippen LogP contribution in [0.5, 0.6) is 0 Å². The lowest BCUT2D eigenvalue weighted by molar-refractivity contribution is 0.758. The van der Waals surface area contributed by atoms with Crippen molar-refractivity contribution in [3.05, 3.63) is 49.6 Å². The fourth-order valence-corrected chi connectivity index (χ4v) is 4.81. The van der Waals surface area contributed by atoms with E-state index in [1.54, 1.807) is 17.7 Å². The van der Waals surface area contributed by atoms with Crippen LogP contribution in [0.1, 0.15) is 23.6 Å². The van der Waals surface area contributed by atoms with Gasteiger partial charge in [-0.25, -0.2) is 9.97 Å². The molecule has 1 aliphatic rings. The first-order valence-electron chi connectivity index (χ1n) is 6.66. The molecule has 1 N–H and O–H groups in total. The van der Waals surface area contributed by atoms with E-state index in [2.05, 4.69) is 50.0 Å². The molecule has 1 atom stereocenters. The molecule has 2 aromatic heterocycles. The Balaban J connectivity index is 1.73. The molecule has 0 amide bonds. The normalized spacial score (nSPS) is 17.1. The summed E-state index contributed by atoms with van der Waals surface area (Å²) in [6.45, 7) is 0. The van der Waals surface area contributed by atoms with Gasteiger partial charge in [-0.2, -0.15) is 0 Å². The van der Waals surface area contributed by atoms with E-state index >= 15 is 0 Å². The summed E-state index contributed by atoms with van der Waals surface area (Å²) in [5.74, 6) is 0.914. The molecule has 0 spiro atoms. The number of halogens is 2. The van der Waals surface area contributed by atoms with E-state index in [4.69, 9.17) is 11.6 Å². The second-order valence-corrected chi connectivity index (χ2v) is 8.37. The average molecular weight is 428 g/mol. The quantitative estimate of drug-likeness (QED) is 0.582. The highest BCUT2D eigenvalue weighted by atomic mass is 127. The number of benzene rings is 1. The van der Waals surface area contributed by atoms with E-state index in [9.17, 15) is 0 Å². The number of fused-ring (bicyclic) bond motifs is 2. The molecule has 106 valence electrons. The molecule has 2 heterocycles. The van der Waals surface area contributed by atoms with Crippen LogP contribution < -0.4 is 5.32 Å². The summed E-state index contributed by atoms with van der Waals surface area (Å²) >= 11 is 10.3. The highest BCUT2D eigenvalue weighted by molar-refractivity contribution is 14.1. The Bertz CT molecular complexity index is 833. The van der Waals surface area contributed by atoms with Gasteiger partial charge in [-0.05, 0) is 58.7 Å². The number of nitrogens with zero attached hydrogens (tertiary/aromatic N) is 2. The molecule has 6 heteroatoms. The lowest BCUT2D eigenvalue weighted by Gasteiger charge is -2.15. The zero-order valence-corrected chi connectivity index (χ0v) is 14.7. The van der Waals surface area contributed by atoms with Gasteiger partial charge in [-0.15, -0.1) is 11.3 Å². The predicted octanol–water partition coefficient (Wildman–Crippen LogP) is 5.05. The fraction of sp³-hybridized carbons (Fsp3) is 0.200. The van der Waals surface area contributed by atoms with Crippen molar-refractivity contribution >= 4 is 61.6 Å². The lowest BCUT2D eigenvalue weighted by atomic mass is 10.1. The predicted molar refractivity (Wildman–Crippen MR) is 96.3 cm³/mol. The minimum Gasteiger partial charge on any atom is -0.363 e. The lowest BCUT2D eigenvalue weighted by Crippen LogP contribution is -2.08. The van der Waals surface area contributed by atoms with Crippen molar-refractivity contribution in [1.82, 2.24) is 9.97 Å². The Morgan fingerprint density at radius 1 is 1.33 bits per heavy atom. The number of aromatic nitrogens is 2. The van der Waals surface area contributed by atoms with E-state index < -0.39 is 0 Å². The second kappa shape index (κ2) is 5.37. The second-order valence-electron chi connectivity index (χ2n) is 5.03. The molecule has 0 bridgehead atoms. The molecule has 1 aliphatic carbocycles. The van der Waals surface area contributed by atoms with E-state index in [1.807, 2.05) is 12.1 Å². The molecule has 21 heavy (non-hydrogen) atoms. The summed E-state index contributed by atoms with van der Waals surface area (Å²) in [5.41, 5.74) is 2.56. The van der Waals surface area contributed by atoms with E-state index in [0.717, 1.165) is 33.9 Å². The van der Waals surface area contributed by atoms with E-state index in [-0.39, 0.29) is 6.04 Å². The molecule has 3 nitrogen and oxygen atoms in total. The van der Waals surface area contributed by atoms with Crippen LogP contribution in [-0.4, -0.2) is 9.97 Å². The van der Waals surface area contributed by atoms with E-state index in [0.29, 0.717) is 0 Å². The maximum atomic E-state index is 6.28. The highest BCUT2D eigenvalue weighted by Crippen LogP contribution is 2.38. The molecule has 4 rings (SSSR count). The van der Waals surface area contributed by atoms with Crippen molar-refractivity contribution in [3.8, 4) is 0 Å². The van der Waals surface area contributed by atoms with Gasteiger partial charge in [-0.3, -0.25) is 0 Å². The van der Waals surface area contributed by atoms with Crippen LogP contribution in [0.25, 0.3) is 10.2 Å². The Morgan fingerprint density at radius 2 is 2.24 bits per heavy atom. The monoisotopic (exact) mass is 427 g/mol. The molecule has 0 saturated heterocycles. The van der Waals surface area contributed by atoms with Crippen molar-refractivity contribution in [1.29, 1.82) is 0 Å². The summed E-state index contributed by atoms with van der Waals surface area (Å²) in [5, 5.41) is 5.54. The molecule has 1 aromatic carbocycles. The third-order valence-electron chi connectivity index (χ3n) is 3.82. The summed E-state index contributed by atoms with van der Waals surface area (Å²) in [6.07, 6.45) is 3.69. The van der Waals surface area contributed by atoms with Crippen LogP contribution in [0, 0.1) is 2.88 Å². The first kappa shape index (κ1) is 13.7. The molecular weight excluding hydrogens is 417 g/mol. The molecular formula is C15H11ClIN3S. The smallest absolute Gasteiger partial charge is 0.138 e. The van der Waals surface area contributed by atoms with Crippen LogP contribution in [0.4, 0.5) is 5.82 Å². The molecule has 0 unspecified atom stereocenters. The van der Waals surface area contributed by atoms with Gasteiger partial charge >= 0.3 is 0 Å². The van der Waals surface area contributed by atoms with Gasteiger partial charge in [0.2, 0.25) is 0 Å². The average Bonchev–Trinajstić information content (AvgIpc) is 3.04. The van der Waals surface area contributed by atoms with E-state index in [1.165, 1.54) is 14.0 Å². The third kappa shape index (κ3) is 2.41. The topological polar surface area (TPSA) is 37.8 Å². The zero-order chi connectivity index (χ0) is 14.4. The van der Waals surface area contributed by atoms with Crippen molar-refractivity contribution in [3.63, 3.8) is 0 Å². The Hall–Kier alpha value is -0.920. The number of hydrogen-bond donors (Lipinski definition) is 1. The number of rotatable bonds is 2. The van der Waals surface area contributed by atoms with Crippen LogP contribution >= 0.6 is 45.5 Å². The van der Waals surface area contributed by atoms with Crippen molar-refractivity contribution in [2.24, 2.45) is 0 Å². The SMILES string of the molecule is Clc1cccc2c1CC[C@H]2Nc1ncnc2sc(I)cc12. The van der Waals surface area contributed by atoms with Gasteiger partial charge in [0, 0.05) is 5.02 Å². The third-order valence-corrected chi connectivity index (χ3v) is 5.98. The summed E-state index contributed by atoms with van der Waals surface area (Å²) < 4.78 is 1.22. The first-order valence-corrected chi connectivity index (χ1v) is 8.93. The standard InChI is InChI=1S/C15H11ClIN3S/c16-11-3-1-2-9-8(11)4-5-12(9)20-14-10-6-13(17)21-15(10)19-7-18-14/h1-3,6-7,12H,4-5H2,(H,18,19,20)/t12-/m1/s1. The van der Waals surface area contributed by atoms with Gasteiger partial charge in [0.15, 0.2) is 0 Å². The highest BCUT2D eigenvalue weighted by Gasteiger charge is 2.25. The van der Waals surface area contributed by atoms with Crippen LogP contribution in [0.3, 0.4) is 0 Å². The summed E-state index contributed by atoms with van der Waals surface area (Å²) in [6, 6.07) is 8.55. The molecule has 0 saturated carbocycles. The fourth-order valence-electron chi connectivity index (χ4n) is 2.87. The summed E-state index contributed by atoms with van der Waals surface area (Å²) in [7, 11) is 0. The number of anilines is 1. The molecule has 3 aromatic rings. The Kier molecular flexibility index (Phi) is 3.51. The summed E-state index contributed by atoms with van der Waals surface area (Å²) in [4.78, 5) is 9.79.